The molecule has 5 nitrogen and oxygen atoms in total. The van der Waals surface area contributed by atoms with Crippen LogP contribution in [0.3, 0.4) is 0 Å². The van der Waals surface area contributed by atoms with Gasteiger partial charge in [0.1, 0.15) is 12.0 Å². The second kappa shape index (κ2) is 9.49. The van der Waals surface area contributed by atoms with Gasteiger partial charge in [-0.3, -0.25) is 17.4 Å². The summed E-state index contributed by atoms with van der Waals surface area (Å²) in [6.07, 6.45) is 3.89. The van der Waals surface area contributed by atoms with Crippen LogP contribution < -0.4 is 24.2 Å². The van der Waals surface area contributed by atoms with E-state index in [9.17, 15) is 14.3 Å². The molecule has 2 N–H and O–H groups in total. The second-order valence-electron chi connectivity index (χ2n) is 7.00. The minimum atomic E-state index is -1.05. The van der Waals surface area contributed by atoms with Gasteiger partial charge in [0.25, 0.3) is 0 Å². The smallest absolute Gasteiger partial charge is 0.392 e. The van der Waals surface area contributed by atoms with Crippen LogP contribution in [0, 0.1) is 19.1 Å². The van der Waals surface area contributed by atoms with Crippen LogP contribution in [0.2, 0.25) is 0 Å². The molecule has 0 radical (unpaired) electrons. The molecular weight excluding hydrogens is 364 g/mol. The Bertz CT molecular complexity index is 989. The summed E-state index contributed by atoms with van der Waals surface area (Å²) in [4.78, 5) is 20.4. The molecule has 1 aliphatic rings. The summed E-state index contributed by atoms with van der Waals surface area (Å²) in [5, 5.41) is 14.0. The molecular formula is C22H22FLiN3O2-. The molecule has 1 saturated carbocycles. The maximum absolute atomic E-state index is 13.0. The third-order valence-corrected chi connectivity index (χ3v) is 4.76. The number of hydrogen-bond acceptors (Lipinski definition) is 4. The molecule has 3 rings (SSSR count). The number of carbonyl (C=O) groups is 1. The number of aliphatic hydroxyl groups excluding tert-OH is 1. The summed E-state index contributed by atoms with van der Waals surface area (Å²) in [5.74, 6) is -0.571. The van der Waals surface area contributed by atoms with E-state index in [0.717, 1.165) is 10.8 Å². The first kappa shape index (κ1) is 23.0. The molecule has 0 bridgehead atoms. The zero-order chi connectivity index (χ0) is 20.4. The Labute approximate surface area is 182 Å². The third kappa shape index (κ3) is 5.42. The Balaban J connectivity index is 0.00000300. The van der Waals surface area contributed by atoms with Crippen molar-refractivity contribution in [3.8, 4) is 0 Å². The van der Waals surface area contributed by atoms with E-state index in [-0.39, 0.29) is 31.2 Å². The summed E-state index contributed by atoms with van der Waals surface area (Å²) in [6, 6.07) is 3.47. The molecule has 7 heteroatoms. The second-order valence-corrected chi connectivity index (χ2v) is 7.00. The molecule has 1 amide bonds. The Hall–Kier alpha value is -2.26. The number of nitrogens with one attached hydrogen (secondary N) is 1. The summed E-state index contributed by atoms with van der Waals surface area (Å²) < 4.78 is 13.0. The van der Waals surface area contributed by atoms with Gasteiger partial charge in [0.05, 0.1) is 5.92 Å². The van der Waals surface area contributed by atoms with Crippen LogP contribution in [0.15, 0.2) is 41.7 Å². The Morgan fingerprint density at radius 3 is 2.59 bits per heavy atom. The van der Waals surface area contributed by atoms with E-state index in [1.54, 1.807) is 37.5 Å². The summed E-state index contributed by atoms with van der Waals surface area (Å²) >= 11 is 0. The number of nitrogens with zero attached hydrogens (tertiary/aromatic N) is 2. The van der Waals surface area contributed by atoms with Gasteiger partial charge in [-0.15, -0.1) is 6.92 Å². The normalized spacial score (nSPS) is 19.2. The predicted molar refractivity (Wildman–Crippen MR) is 107 cm³/mol. The molecule has 2 heterocycles. The van der Waals surface area contributed by atoms with E-state index in [1.807, 2.05) is 6.92 Å². The average molecular weight is 386 g/mol. The molecule has 29 heavy (non-hydrogen) atoms. The molecule has 146 valence electrons. The van der Waals surface area contributed by atoms with Gasteiger partial charge in [-0.2, -0.15) is 5.57 Å². The van der Waals surface area contributed by atoms with E-state index in [4.69, 9.17) is 13.2 Å². The number of carbonyl (C=O) groups excluding carboxylic acids is 1. The molecule has 1 fully saturated rings. The largest absolute Gasteiger partial charge is 1.00 e. The number of alkyl halides is 1. The van der Waals surface area contributed by atoms with Gasteiger partial charge in [0.15, 0.2) is 0 Å². The van der Waals surface area contributed by atoms with E-state index < -0.39 is 18.2 Å². The summed E-state index contributed by atoms with van der Waals surface area (Å²) in [6.45, 7) is 15.7. The van der Waals surface area contributed by atoms with E-state index in [1.165, 1.54) is 0 Å². The summed E-state index contributed by atoms with van der Waals surface area (Å²) in [5.41, 5.74) is 2.03. The van der Waals surface area contributed by atoms with Gasteiger partial charge >= 0.3 is 18.9 Å². The number of aromatic nitrogens is 2. The van der Waals surface area contributed by atoms with Crippen molar-refractivity contribution in [2.24, 2.45) is 5.92 Å². The fourth-order valence-electron chi connectivity index (χ4n) is 2.77. The molecule has 3 atom stereocenters. The fourth-order valence-corrected chi connectivity index (χ4v) is 2.77. The van der Waals surface area contributed by atoms with Crippen LogP contribution >= 0.6 is 0 Å². The third-order valence-electron chi connectivity index (χ3n) is 4.76. The molecule has 3 unspecified atom stereocenters. The fraction of sp³-hybridized carbons (Fsp3) is 0.318. The quantitative estimate of drug-likeness (QED) is 0.420. The van der Waals surface area contributed by atoms with Crippen molar-refractivity contribution >= 4 is 28.1 Å². The van der Waals surface area contributed by atoms with Crippen molar-refractivity contribution in [1.29, 1.82) is 0 Å². The number of allylic oxidation sites excluding steroid dienone is 2. The first-order valence-electron chi connectivity index (χ1n) is 9.12. The van der Waals surface area contributed by atoms with Gasteiger partial charge in [-0.1, -0.05) is 13.0 Å². The molecule has 1 aliphatic carbocycles. The minimum absolute atomic E-state index is 0. The van der Waals surface area contributed by atoms with Gasteiger partial charge in [-0.25, -0.2) is 27.1 Å². The number of hydrogen-bond donors (Lipinski definition) is 2. The molecule has 2 aromatic heterocycles. The maximum Gasteiger partial charge on any atom is 1.00 e. The summed E-state index contributed by atoms with van der Waals surface area (Å²) in [7, 11) is 0. The van der Waals surface area contributed by atoms with Crippen molar-refractivity contribution < 1.29 is 33.2 Å². The number of amides is 1. The number of anilines is 1. The zero-order valence-corrected chi connectivity index (χ0v) is 16.8. The van der Waals surface area contributed by atoms with Crippen molar-refractivity contribution in [2.75, 3.05) is 5.32 Å². The van der Waals surface area contributed by atoms with Crippen molar-refractivity contribution in [3.63, 3.8) is 0 Å². The van der Waals surface area contributed by atoms with Crippen molar-refractivity contribution in [2.45, 2.75) is 39.0 Å². The van der Waals surface area contributed by atoms with Gasteiger partial charge in [-0.05, 0) is 30.0 Å². The van der Waals surface area contributed by atoms with E-state index >= 15 is 0 Å². The molecule has 0 saturated heterocycles. The zero-order valence-electron chi connectivity index (χ0n) is 16.8. The van der Waals surface area contributed by atoms with Gasteiger partial charge < -0.3 is 15.4 Å². The number of pyridine rings is 2. The van der Waals surface area contributed by atoms with Crippen LogP contribution in [0.5, 0.6) is 0 Å². The van der Waals surface area contributed by atoms with Gasteiger partial charge in [0.2, 0.25) is 5.91 Å². The van der Waals surface area contributed by atoms with Crippen LogP contribution in [-0.2, 0) is 4.79 Å². The Morgan fingerprint density at radius 1 is 1.34 bits per heavy atom. The van der Waals surface area contributed by atoms with Gasteiger partial charge in [0, 0.05) is 23.9 Å². The minimum Gasteiger partial charge on any atom is -0.392 e. The average Bonchev–Trinajstić information content (AvgIpc) is 3.42. The molecule has 0 spiro atoms. The standard InChI is InChI=1S/C22H22FN3O2.Li/c1-5-20(27)13(3)6-12(2)14(4)19-7-15-11-25-21(8-16(15)10-24-19)26-22(28)17-9-18(17)23;/h3-4,6-8,10-11,17-18,20,27H,5,9H2,1-2H3,(H,25,26,28);/q-2;+1/b12-6-;. The SMILES string of the molecule is [CH-]=C(/C(C)=C\C(=[CH-])C(O)CC)c1cc2cnc(NC(=O)C3CC3F)cc2cn1.[Li+]. The Kier molecular flexibility index (Phi) is 7.53. The Morgan fingerprint density at radius 2 is 1.97 bits per heavy atom. The number of aliphatic hydroxyl groups is 1. The molecule has 0 aliphatic heterocycles. The number of fused-ring (bicyclic) bond motifs is 1. The maximum atomic E-state index is 13.0. The van der Waals surface area contributed by atoms with E-state index in [2.05, 4.69) is 15.3 Å². The molecule has 0 aromatic carbocycles. The van der Waals surface area contributed by atoms with Crippen LogP contribution in [-0.4, -0.2) is 33.3 Å². The van der Waals surface area contributed by atoms with Crippen molar-refractivity contribution in [1.82, 2.24) is 9.97 Å². The first-order chi connectivity index (χ1) is 13.3. The monoisotopic (exact) mass is 386 g/mol. The van der Waals surface area contributed by atoms with Crippen LogP contribution in [0.25, 0.3) is 16.3 Å². The number of rotatable bonds is 7. The van der Waals surface area contributed by atoms with Crippen LogP contribution in [0.1, 0.15) is 32.4 Å². The van der Waals surface area contributed by atoms with Crippen LogP contribution in [0.4, 0.5) is 10.2 Å². The van der Waals surface area contributed by atoms with E-state index in [0.29, 0.717) is 34.7 Å². The molecule has 2 aromatic rings. The predicted octanol–water partition coefficient (Wildman–Crippen LogP) is 0.823. The topological polar surface area (TPSA) is 75.1 Å². The van der Waals surface area contributed by atoms with Crippen molar-refractivity contribution in [3.05, 3.63) is 60.6 Å². The number of halogens is 1. The first-order valence-corrected chi connectivity index (χ1v) is 9.12.